The predicted molar refractivity (Wildman–Crippen MR) is 59.4 cm³/mol. The standard InChI is InChI=1S/C8H11NO5S2/c1-4-6-16(13,14)9-8(10)7(3)15(11,12)5-2/h5-7H,1-2H2,3H3,(H,9,10). The highest BCUT2D eigenvalue weighted by Crippen LogP contribution is 2.03. The van der Waals surface area contributed by atoms with Gasteiger partial charge in [-0.15, -0.1) is 5.73 Å². The summed E-state index contributed by atoms with van der Waals surface area (Å²) in [6.07, 6.45) is 0. The van der Waals surface area contributed by atoms with Gasteiger partial charge in [-0.3, -0.25) is 4.79 Å². The summed E-state index contributed by atoms with van der Waals surface area (Å²) in [7, 11) is -7.89. The number of nitrogens with one attached hydrogen (secondary N) is 1. The summed E-state index contributed by atoms with van der Waals surface area (Å²) in [6.45, 7) is 7.09. The van der Waals surface area contributed by atoms with E-state index in [0.717, 1.165) is 6.92 Å². The van der Waals surface area contributed by atoms with Crippen LogP contribution in [0.3, 0.4) is 0 Å². The Hall–Kier alpha value is -1.37. The number of sulfone groups is 1. The van der Waals surface area contributed by atoms with E-state index >= 15 is 0 Å². The van der Waals surface area contributed by atoms with E-state index in [4.69, 9.17) is 0 Å². The zero-order valence-electron chi connectivity index (χ0n) is 8.50. The van der Waals surface area contributed by atoms with Crippen LogP contribution < -0.4 is 4.72 Å². The molecule has 0 aromatic heterocycles. The normalized spacial score (nSPS) is 13.3. The molecule has 0 aliphatic carbocycles. The summed E-state index contributed by atoms with van der Waals surface area (Å²) in [5.74, 6) is -1.16. The van der Waals surface area contributed by atoms with Crippen molar-refractivity contribution in [2.75, 3.05) is 0 Å². The Labute approximate surface area is 94.3 Å². The van der Waals surface area contributed by atoms with Crippen molar-refractivity contribution in [1.29, 1.82) is 0 Å². The highest BCUT2D eigenvalue weighted by molar-refractivity contribution is 7.96. The van der Waals surface area contributed by atoms with Gasteiger partial charge in [-0.2, -0.15) is 0 Å². The molecule has 1 amide bonds. The van der Waals surface area contributed by atoms with E-state index in [0.29, 0.717) is 10.8 Å². The molecule has 0 saturated carbocycles. The molecule has 0 rings (SSSR count). The van der Waals surface area contributed by atoms with Crippen LogP contribution in [0.15, 0.2) is 29.7 Å². The van der Waals surface area contributed by atoms with Gasteiger partial charge < -0.3 is 0 Å². The second-order valence-electron chi connectivity index (χ2n) is 2.73. The van der Waals surface area contributed by atoms with E-state index in [1.165, 1.54) is 0 Å². The lowest BCUT2D eigenvalue weighted by Crippen LogP contribution is -2.39. The van der Waals surface area contributed by atoms with Crippen molar-refractivity contribution in [3.8, 4) is 0 Å². The first-order valence-corrected chi connectivity index (χ1v) is 7.10. The van der Waals surface area contributed by atoms with Crippen molar-refractivity contribution < 1.29 is 21.6 Å². The Bertz CT molecular complexity index is 537. The molecule has 1 unspecified atom stereocenters. The van der Waals surface area contributed by atoms with E-state index in [1.54, 1.807) is 4.72 Å². The van der Waals surface area contributed by atoms with Gasteiger partial charge in [0.15, 0.2) is 9.84 Å². The maximum absolute atomic E-state index is 11.3. The topological polar surface area (TPSA) is 97.4 Å². The lowest BCUT2D eigenvalue weighted by Gasteiger charge is -2.08. The summed E-state index contributed by atoms with van der Waals surface area (Å²) < 4.78 is 46.0. The molecule has 1 atom stereocenters. The Balaban J connectivity index is 5.02. The van der Waals surface area contributed by atoms with Gasteiger partial charge >= 0.3 is 0 Å². The summed E-state index contributed by atoms with van der Waals surface area (Å²) in [4.78, 5) is 11.3. The van der Waals surface area contributed by atoms with Crippen LogP contribution in [0.4, 0.5) is 0 Å². The second kappa shape index (κ2) is 5.11. The van der Waals surface area contributed by atoms with Crippen molar-refractivity contribution in [1.82, 2.24) is 4.72 Å². The smallest absolute Gasteiger partial charge is 0.264 e. The molecule has 8 heteroatoms. The highest BCUT2D eigenvalue weighted by Gasteiger charge is 2.27. The van der Waals surface area contributed by atoms with Crippen molar-refractivity contribution in [3.63, 3.8) is 0 Å². The fraction of sp³-hybridized carbons (Fsp3) is 0.250. The average molecular weight is 265 g/mol. The van der Waals surface area contributed by atoms with Crippen LogP contribution in [0.2, 0.25) is 0 Å². The Morgan fingerprint density at radius 3 is 2.25 bits per heavy atom. The fourth-order valence-electron chi connectivity index (χ4n) is 0.656. The third-order valence-corrected chi connectivity index (χ3v) is 4.20. The molecular formula is C8H11NO5S2. The van der Waals surface area contributed by atoms with Crippen LogP contribution in [-0.2, 0) is 24.7 Å². The van der Waals surface area contributed by atoms with Crippen LogP contribution in [-0.4, -0.2) is 28.0 Å². The molecule has 0 aliphatic rings. The van der Waals surface area contributed by atoms with Gasteiger partial charge in [-0.25, -0.2) is 21.6 Å². The molecule has 0 aromatic rings. The molecule has 0 saturated heterocycles. The first-order chi connectivity index (χ1) is 7.16. The highest BCUT2D eigenvalue weighted by atomic mass is 32.2. The van der Waals surface area contributed by atoms with E-state index in [2.05, 4.69) is 13.2 Å². The minimum Gasteiger partial charge on any atom is -0.273 e. The largest absolute Gasteiger partial charge is 0.273 e. The quantitative estimate of drug-likeness (QED) is 0.687. The number of sulfonamides is 1. The maximum atomic E-state index is 11.3. The SMILES string of the molecule is C=C=CS(=O)(=O)NC(=O)C(C)S(=O)(=O)C=C. The molecule has 0 bridgehead atoms. The molecular weight excluding hydrogens is 254 g/mol. The van der Waals surface area contributed by atoms with Gasteiger partial charge in [-0.1, -0.05) is 13.2 Å². The first kappa shape index (κ1) is 14.6. The van der Waals surface area contributed by atoms with E-state index < -0.39 is 31.0 Å². The van der Waals surface area contributed by atoms with Crippen molar-refractivity contribution >= 4 is 25.8 Å². The van der Waals surface area contributed by atoms with Crippen LogP contribution in [0.25, 0.3) is 0 Å². The monoisotopic (exact) mass is 265 g/mol. The third kappa shape index (κ3) is 4.01. The lowest BCUT2D eigenvalue weighted by atomic mass is 10.5. The molecule has 16 heavy (non-hydrogen) atoms. The summed E-state index contributed by atoms with van der Waals surface area (Å²) in [5, 5.41) is -0.413. The van der Waals surface area contributed by atoms with Crippen molar-refractivity contribution in [2.24, 2.45) is 0 Å². The van der Waals surface area contributed by atoms with Crippen LogP contribution >= 0.6 is 0 Å². The molecule has 90 valence electrons. The minimum absolute atomic E-state index is 0.526. The van der Waals surface area contributed by atoms with Crippen LogP contribution in [0.1, 0.15) is 6.92 Å². The number of hydrogen-bond donors (Lipinski definition) is 1. The number of carbonyl (C=O) groups excluding carboxylic acids is 1. The molecule has 0 radical (unpaired) electrons. The minimum atomic E-state index is -4.04. The van der Waals surface area contributed by atoms with Gasteiger partial charge in [-0.05, 0) is 6.92 Å². The second-order valence-corrected chi connectivity index (χ2v) is 6.48. The van der Waals surface area contributed by atoms with Crippen molar-refractivity contribution in [3.05, 3.63) is 29.7 Å². The number of hydrogen-bond acceptors (Lipinski definition) is 5. The lowest BCUT2D eigenvalue weighted by molar-refractivity contribution is -0.118. The number of amides is 1. The van der Waals surface area contributed by atoms with Crippen LogP contribution in [0, 0.1) is 0 Å². The van der Waals surface area contributed by atoms with E-state index in [1.807, 2.05) is 5.73 Å². The van der Waals surface area contributed by atoms with Gasteiger partial charge in [0.2, 0.25) is 0 Å². The molecule has 6 nitrogen and oxygen atoms in total. The molecule has 1 N–H and O–H groups in total. The van der Waals surface area contributed by atoms with Crippen LogP contribution in [0.5, 0.6) is 0 Å². The maximum Gasteiger partial charge on any atom is 0.264 e. The Morgan fingerprint density at radius 2 is 1.88 bits per heavy atom. The predicted octanol–water partition coefficient (Wildman–Crippen LogP) is -0.322. The average Bonchev–Trinajstić information content (AvgIpc) is 2.15. The van der Waals surface area contributed by atoms with Gasteiger partial charge in [0.05, 0.1) is 5.41 Å². The van der Waals surface area contributed by atoms with Crippen molar-refractivity contribution in [2.45, 2.75) is 12.2 Å². The summed E-state index contributed by atoms with van der Waals surface area (Å²) in [5.41, 5.74) is 1.96. The zero-order valence-corrected chi connectivity index (χ0v) is 10.1. The van der Waals surface area contributed by atoms with Gasteiger partial charge in [0.1, 0.15) is 5.25 Å². The molecule has 0 spiro atoms. The molecule has 0 fully saturated rings. The summed E-state index contributed by atoms with van der Waals surface area (Å²) in [6, 6.07) is 0. The van der Waals surface area contributed by atoms with E-state index in [9.17, 15) is 21.6 Å². The van der Waals surface area contributed by atoms with Gasteiger partial charge in [0, 0.05) is 5.41 Å². The third-order valence-electron chi connectivity index (χ3n) is 1.58. The Morgan fingerprint density at radius 1 is 1.38 bits per heavy atom. The number of rotatable bonds is 5. The summed E-state index contributed by atoms with van der Waals surface area (Å²) >= 11 is 0. The molecule has 0 aromatic carbocycles. The van der Waals surface area contributed by atoms with Gasteiger partial charge in [0.25, 0.3) is 15.9 Å². The molecule has 0 heterocycles. The zero-order chi connectivity index (χ0) is 13.0. The fourth-order valence-corrected chi connectivity index (χ4v) is 2.11. The molecule has 0 aliphatic heterocycles. The number of carbonyl (C=O) groups is 1. The first-order valence-electron chi connectivity index (χ1n) is 3.95. The Kier molecular flexibility index (Phi) is 4.67. The van der Waals surface area contributed by atoms with E-state index in [-0.39, 0.29) is 0 Å².